The van der Waals surface area contributed by atoms with Crippen LogP contribution in [0.25, 0.3) is 0 Å². The number of hydrogen-bond acceptors (Lipinski definition) is 2. The van der Waals surface area contributed by atoms with Crippen molar-refractivity contribution in [1.82, 2.24) is 0 Å². The molecule has 0 radical (unpaired) electrons. The summed E-state index contributed by atoms with van der Waals surface area (Å²) in [5.41, 5.74) is 0.962. The van der Waals surface area contributed by atoms with Gasteiger partial charge in [0.05, 0.1) is 0 Å². The molecule has 16 heavy (non-hydrogen) atoms. The highest BCUT2D eigenvalue weighted by Crippen LogP contribution is 2.44. The van der Waals surface area contributed by atoms with E-state index in [0.717, 1.165) is 24.8 Å². The topological polar surface area (TPSA) is 17.1 Å². The third-order valence-electron chi connectivity index (χ3n) is 4.00. The highest BCUT2D eigenvalue weighted by atomic mass is 32.1. The fourth-order valence-corrected chi connectivity index (χ4v) is 3.86. The predicted molar refractivity (Wildman–Crippen MR) is 69.3 cm³/mol. The maximum atomic E-state index is 12.6. The smallest absolute Gasteiger partial charge is 0.170 e. The summed E-state index contributed by atoms with van der Waals surface area (Å²) in [5.74, 6) is 0.411. The first-order valence-electron chi connectivity index (χ1n) is 6.21. The third-order valence-corrected chi connectivity index (χ3v) is 4.97. The Morgan fingerprint density at radius 2 is 2.00 bits per heavy atom. The van der Waals surface area contributed by atoms with E-state index in [2.05, 4.69) is 26.8 Å². The van der Waals surface area contributed by atoms with Crippen LogP contribution in [-0.2, 0) is 0 Å². The maximum absolute atomic E-state index is 12.6. The van der Waals surface area contributed by atoms with Crippen LogP contribution in [0.3, 0.4) is 0 Å². The summed E-state index contributed by atoms with van der Waals surface area (Å²) in [6, 6.07) is 2.08. The number of Topliss-reactive ketones (excluding diaryl/α,β-unsaturated/α-hetero) is 1. The SMILES string of the molecule is CCC1(C(=O)c2cc(C)sc2C)CCCC1. The minimum absolute atomic E-state index is 0.0295. The van der Waals surface area contributed by atoms with Crippen LogP contribution in [0.1, 0.15) is 59.1 Å². The van der Waals surface area contributed by atoms with E-state index in [1.54, 1.807) is 11.3 Å². The van der Waals surface area contributed by atoms with Crippen LogP contribution < -0.4 is 0 Å². The number of ketones is 1. The van der Waals surface area contributed by atoms with Gasteiger partial charge in [-0.25, -0.2) is 0 Å². The lowest BCUT2D eigenvalue weighted by Crippen LogP contribution is -2.27. The molecule has 0 atom stereocenters. The molecule has 88 valence electrons. The van der Waals surface area contributed by atoms with Gasteiger partial charge in [0.2, 0.25) is 0 Å². The molecule has 1 aliphatic carbocycles. The van der Waals surface area contributed by atoms with Crippen molar-refractivity contribution in [1.29, 1.82) is 0 Å². The van der Waals surface area contributed by atoms with Gasteiger partial charge in [-0.3, -0.25) is 4.79 Å². The average molecular weight is 236 g/mol. The van der Waals surface area contributed by atoms with Gasteiger partial charge in [-0.05, 0) is 39.2 Å². The highest BCUT2D eigenvalue weighted by Gasteiger charge is 2.40. The zero-order valence-corrected chi connectivity index (χ0v) is 11.2. The van der Waals surface area contributed by atoms with E-state index in [1.807, 2.05) is 0 Å². The molecular weight excluding hydrogens is 216 g/mol. The van der Waals surface area contributed by atoms with Crippen molar-refractivity contribution in [3.8, 4) is 0 Å². The molecule has 1 heterocycles. The predicted octanol–water partition coefficient (Wildman–Crippen LogP) is 4.52. The van der Waals surface area contributed by atoms with Crippen LogP contribution in [0.5, 0.6) is 0 Å². The van der Waals surface area contributed by atoms with Crippen molar-refractivity contribution < 1.29 is 4.79 Å². The zero-order valence-electron chi connectivity index (χ0n) is 10.4. The van der Waals surface area contributed by atoms with Crippen molar-refractivity contribution in [3.63, 3.8) is 0 Å². The summed E-state index contributed by atoms with van der Waals surface area (Å²) in [4.78, 5) is 15.1. The molecule has 1 aromatic rings. The molecule has 2 rings (SSSR count). The van der Waals surface area contributed by atoms with Crippen molar-refractivity contribution >= 4 is 17.1 Å². The molecule has 1 saturated carbocycles. The van der Waals surface area contributed by atoms with Crippen LogP contribution >= 0.6 is 11.3 Å². The first-order chi connectivity index (χ1) is 7.59. The van der Waals surface area contributed by atoms with Crippen LogP contribution in [0.2, 0.25) is 0 Å². The van der Waals surface area contributed by atoms with E-state index >= 15 is 0 Å². The van der Waals surface area contributed by atoms with Crippen molar-refractivity contribution in [2.24, 2.45) is 5.41 Å². The van der Waals surface area contributed by atoms with Crippen LogP contribution in [-0.4, -0.2) is 5.78 Å². The summed E-state index contributed by atoms with van der Waals surface area (Å²) >= 11 is 1.74. The van der Waals surface area contributed by atoms with Crippen LogP contribution in [0.4, 0.5) is 0 Å². The molecule has 1 fully saturated rings. The Bertz CT molecular complexity index is 397. The van der Waals surface area contributed by atoms with Gasteiger partial charge in [-0.2, -0.15) is 0 Å². The lowest BCUT2D eigenvalue weighted by atomic mass is 9.76. The molecule has 0 aliphatic heterocycles. The minimum atomic E-state index is -0.0295. The van der Waals surface area contributed by atoms with E-state index in [0.29, 0.717) is 5.78 Å². The summed E-state index contributed by atoms with van der Waals surface area (Å²) < 4.78 is 0. The number of hydrogen-bond donors (Lipinski definition) is 0. The number of rotatable bonds is 3. The van der Waals surface area contributed by atoms with E-state index < -0.39 is 0 Å². The Labute approximate surface area is 102 Å². The Balaban J connectivity index is 2.33. The van der Waals surface area contributed by atoms with Gasteiger partial charge in [0.25, 0.3) is 0 Å². The van der Waals surface area contributed by atoms with Gasteiger partial charge < -0.3 is 0 Å². The Morgan fingerprint density at radius 1 is 1.38 bits per heavy atom. The largest absolute Gasteiger partial charge is 0.294 e. The van der Waals surface area contributed by atoms with Crippen LogP contribution in [0, 0.1) is 19.3 Å². The molecule has 0 amide bonds. The highest BCUT2D eigenvalue weighted by molar-refractivity contribution is 7.12. The van der Waals surface area contributed by atoms with Crippen LogP contribution in [0.15, 0.2) is 6.07 Å². The molecule has 0 aromatic carbocycles. The Morgan fingerprint density at radius 3 is 2.44 bits per heavy atom. The standard InChI is InChI=1S/C14H20OS/c1-4-14(7-5-6-8-14)13(15)12-9-10(2)16-11(12)3/h9H,4-8H2,1-3H3. The first-order valence-corrected chi connectivity index (χ1v) is 7.02. The lowest BCUT2D eigenvalue weighted by molar-refractivity contribution is 0.0791. The summed E-state index contributed by atoms with van der Waals surface area (Å²) in [6.07, 6.45) is 5.64. The molecule has 1 aliphatic rings. The van der Waals surface area contributed by atoms with E-state index in [1.165, 1.54) is 22.6 Å². The molecule has 0 bridgehead atoms. The molecule has 1 nitrogen and oxygen atoms in total. The molecule has 0 unspecified atom stereocenters. The molecule has 0 spiro atoms. The molecule has 2 heteroatoms. The van der Waals surface area contributed by atoms with Gasteiger partial charge in [0.15, 0.2) is 5.78 Å². The Kier molecular flexibility index (Phi) is 3.20. The summed E-state index contributed by atoms with van der Waals surface area (Å²) in [5, 5.41) is 0. The zero-order chi connectivity index (χ0) is 11.8. The van der Waals surface area contributed by atoms with Crippen molar-refractivity contribution in [2.75, 3.05) is 0 Å². The minimum Gasteiger partial charge on any atom is -0.294 e. The number of thiophene rings is 1. The monoisotopic (exact) mass is 236 g/mol. The molecule has 1 aromatic heterocycles. The van der Waals surface area contributed by atoms with E-state index in [4.69, 9.17) is 0 Å². The maximum Gasteiger partial charge on any atom is 0.170 e. The molecule has 0 saturated heterocycles. The van der Waals surface area contributed by atoms with Gasteiger partial charge >= 0.3 is 0 Å². The van der Waals surface area contributed by atoms with Gasteiger partial charge in [-0.15, -0.1) is 11.3 Å². The Hall–Kier alpha value is -0.630. The second kappa shape index (κ2) is 4.33. The number of carbonyl (C=O) groups excluding carboxylic acids is 1. The van der Waals surface area contributed by atoms with Crippen molar-refractivity contribution in [2.45, 2.75) is 52.9 Å². The second-order valence-corrected chi connectivity index (χ2v) is 6.46. The first kappa shape index (κ1) is 11.8. The van der Waals surface area contributed by atoms with Gasteiger partial charge in [0, 0.05) is 20.7 Å². The quantitative estimate of drug-likeness (QED) is 0.705. The van der Waals surface area contributed by atoms with Gasteiger partial charge in [-0.1, -0.05) is 19.8 Å². The average Bonchev–Trinajstić information content (AvgIpc) is 2.85. The summed E-state index contributed by atoms with van der Waals surface area (Å²) in [7, 11) is 0. The summed E-state index contributed by atoms with van der Waals surface area (Å²) in [6.45, 7) is 6.32. The second-order valence-electron chi connectivity index (χ2n) is 5.00. The lowest BCUT2D eigenvalue weighted by Gasteiger charge is -2.25. The normalized spacial score (nSPS) is 18.9. The van der Waals surface area contributed by atoms with E-state index in [-0.39, 0.29) is 5.41 Å². The van der Waals surface area contributed by atoms with Gasteiger partial charge in [0.1, 0.15) is 0 Å². The third kappa shape index (κ3) is 1.84. The number of carbonyl (C=O) groups is 1. The fraction of sp³-hybridized carbons (Fsp3) is 0.643. The van der Waals surface area contributed by atoms with Crippen molar-refractivity contribution in [3.05, 3.63) is 21.4 Å². The molecular formula is C14H20OS. The van der Waals surface area contributed by atoms with E-state index in [9.17, 15) is 4.79 Å². The number of aryl methyl sites for hydroxylation is 2. The molecule has 0 N–H and O–H groups in total. The fourth-order valence-electron chi connectivity index (χ4n) is 2.93.